The highest BCUT2D eigenvalue weighted by atomic mass is 16.3. The molecule has 1 aromatic heterocycles. The van der Waals surface area contributed by atoms with Crippen LogP contribution >= 0.6 is 0 Å². The van der Waals surface area contributed by atoms with E-state index >= 15 is 0 Å². The van der Waals surface area contributed by atoms with Crippen LogP contribution in [0.4, 0.5) is 5.69 Å². The van der Waals surface area contributed by atoms with Gasteiger partial charge in [0.25, 0.3) is 0 Å². The van der Waals surface area contributed by atoms with E-state index in [1.54, 1.807) is 6.26 Å². The van der Waals surface area contributed by atoms with Gasteiger partial charge >= 0.3 is 0 Å². The number of furan rings is 1. The van der Waals surface area contributed by atoms with Crippen molar-refractivity contribution in [2.75, 3.05) is 5.32 Å². The Balaban J connectivity index is 2.06. The van der Waals surface area contributed by atoms with Gasteiger partial charge in [-0.1, -0.05) is 18.2 Å². The van der Waals surface area contributed by atoms with E-state index in [0.717, 1.165) is 11.4 Å². The molecule has 0 aliphatic carbocycles. The average molecular weight is 187 g/mol. The fraction of sp³-hybridized carbons (Fsp3) is 0.167. The van der Waals surface area contributed by atoms with Crippen LogP contribution in [-0.2, 0) is 0 Å². The molecule has 1 unspecified atom stereocenters. The van der Waals surface area contributed by atoms with Crippen molar-refractivity contribution in [1.82, 2.24) is 0 Å². The summed E-state index contributed by atoms with van der Waals surface area (Å²) in [5, 5.41) is 3.35. The monoisotopic (exact) mass is 187 g/mol. The molecule has 2 heteroatoms. The molecule has 0 spiro atoms. The van der Waals surface area contributed by atoms with Crippen LogP contribution in [0.5, 0.6) is 0 Å². The van der Waals surface area contributed by atoms with E-state index in [4.69, 9.17) is 4.42 Å². The van der Waals surface area contributed by atoms with Crippen molar-refractivity contribution in [1.29, 1.82) is 0 Å². The van der Waals surface area contributed by atoms with Gasteiger partial charge in [0.2, 0.25) is 0 Å². The summed E-state index contributed by atoms with van der Waals surface area (Å²) in [6, 6.07) is 14.2. The molecule has 1 aromatic carbocycles. The summed E-state index contributed by atoms with van der Waals surface area (Å²) in [5.41, 5.74) is 1.11. The van der Waals surface area contributed by atoms with E-state index in [2.05, 4.69) is 12.2 Å². The zero-order chi connectivity index (χ0) is 9.80. The van der Waals surface area contributed by atoms with Gasteiger partial charge in [-0.2, -0.15) is 0 Å². The van der Waals surface area contributed by atoms with Crippen LogP contribution < -0.4 is 5.32 Å². The lowest BCUT2D eigenvalue weighted by Crippen LogP contribution is -2.04. The molecule has 0 saturated heterocycles. The predicted octanol–water partition coefficient (Wildman–Crippen LogP) is 3.45. The number of nitrogens with one attached hydrogen (secondary N) is 1. The number of rotatable bonds is 3. The van der Waals surface area contributed by atoms with E-state index in [1.807, 2.05) is 42.5 Å². The molecule has 0 radical (unpaired) electrons. The molecule has 14 heavy (non-hydrogen) atoms. The number of benzene rings is 1. The molecule has 0 fully saturated rings. The first-order chi connectivity index (χ1) is 6.86. The molecule has 2 aromatic rings. The Kier molecular flexibility index (Phi) is 2.54. The number of hydrogen-bond acceptors (Lipinski definition) is 2. The molecule has 0 aliphatic rings. The van der Waals surface area contributed by atoms with Crippen LogP contribution in [-0.4, -0.2) is 0 Å². The normalized spacial score (nSPS) is 12.4. The summed E-state index contributed by atoms with van der Waals surface area (Å²) < 4.78 is 5.30. The zero-order valence-corrected chi connectivity index (χ0v) is 8.10. The highest BCUT2D eigenvalue weighted by Crippen LogP contribution is 2.18. The molecule has 0 amide bonds. The van der Waals surface area contributed by atoms with Crippen molar-refractivity contribution >= 4 is 5.69 Å². The Morgan fingerprint density at radius 2 is 1.86 bits per heavy atom. The van der Waals surface area contributed by atoms with Gasteiger partial charge in [0.05, 0.1) is 12.3 Å². The fourth-order valence-electron chi connectivity index (χ4n) is 1.39. The zero-order valence-electron chi connectivity index (χ0n) is 8.10. The number of para-hydroxylation sites is 1. The Morgan fingerprint density at radius 3 is 2.50 bits per heavy atom. The second kappa shape index (κ2) is 4.01. The summed E-state index contributed by atoms with van der Waals surface area (Å²) in [6.07, 6.45) is 1.69. The minimum Gasteiger partial charge on any atom is -0.467 e. The molecular formula is C12H13NO. The lowest BCUT2D eigenvalue weighted by Gasteiger charge is -2.12. The van der Waals surface area contributed by atoms with Crippen LogP contribution in [0.1, 0.15) is 18.7 Å². The van der Waals surface area contributed by atoms with Crippen LogP contribution in [0, 0.1) is 0 Å². The van der Waals surface area contributed by atoms with Gasteiger partial charge < -0.3 is 9.73 Å². The maximum Gasteiger partial charge on any atom is 0.125 e. The van der Waals surface area contributed by atoms with Gasteiger partial charge in [0.1, 0.15) is 5.76 Å². The summed E-state index contributed by atoms with van der Waals surface area (Å²) in [7, 11) is 0. The molecule has 1 heterocycles. The van der Waals surface area contributed by atoms with E-state index in [9.17, 15) is 0 Å². The van der Waals surface area contributed by atoms with Crippen LogP contribution in [0.2, 0.25) is 0 Å². The Bertz CT molecular complexity index is 366. The molecule has 2 rings (SSSR count). The first-order valence-electron chi connectivity index (χ1n) is 4.71. The average Bonchev–Trinajstić information content (AvgIpc) is 2.72. The van der Waals surface area contributed by atoms with Crippen LogP contribution in [0.25, 0.3) is 0 Å². The molecule has 1 atom stereocenters. The third-order valence-corrected chi connectivity index (χ3v) is 2.13. The lowest BCUT2D eigenvalue weighted by atomic mass is 10.2. The summed E-state index contributed by atoms with van der Waals surface area (Å²) >= 11 is 0. The maximum absolute atomic E-state index is 5.30. The van der Waals surface area contributed by atoms with Gasteiger partial charge in [-0.15, -0.1) is 0 Å². The molecule has 2 nitrogen and oxygen atoms in total. The second-order valence-corrected chi connectivity index (χ2v) is 3.25. The Morgan fingerprint density at radius 1 is 1.07 bits per heavy atom. The quantitative estimate of drug-likeness (QED) is 0.796. The number of hydrogen-bond donors (Lipinski definition) is 1. The summed E-state index contributed by atoms with van der Waals surface area (Å²) in [4.78, 5) is 0. The molecule has 0 aliphatic heterocycles. The fourth-order valence-corrected chi connectivity index (χ4v) is 1.39. The highest BCUT2D eigenvalue weighted by molar-refractivity contribution is 5.43. The highest BCUT2D eigenvalue weighted by Gasteiger charge is 2.06. The molecular weight excluding hydrogens is 174 g/mol. The maximum atomic E-state index is 5.30. The first kappa shape index (κ1) is 8.88. The third kappa shape index (κ3) is 1.96. The van der Waals surface area contributed by atoms with E-state index in [1.165, 1.54) is 0 Å². The Hall–Kier alpha value is -1.70. The summed E-state index contributed by atoms with van der Waals surface area (Å²) in [6.45, 7) is 2.08. The van der Waals surface area contributed by atoms with Crippen LogP contribution in [0.3, 0.4) is 0 Å². The Labute approximate surface area is 83.6 Å². The SMILES string of the molecule is CC(Nc1ccccc1)c1ccco1. The van der Waals surface area contributed by atoms with Crippen molar-refractivity contribution in [2.45, 2.75) is 13.0 Å². The number of anilines is 1. The van der Waals surface area contributed by atoms with Crippen molar-refractivity contribution in [3.8, 4) is 0 Å². The van der Waals surface area contributed by atoms with Crippen LogP contribution in [0.15, 0.2) is 53.1 Å². The molecule has 0 saturated carbocycles. The second-order valence-electron chi connectivity index (χ2n) is 3.25. The van der Waals surface area contributed by atoms with Gasteiger partial charge in [-0.05, 0) is 31.2 Å². The van der Waals surface area contributed by atoms with Gasteiger partial charge in [-0.3, -0.25) is 0 Å². The van der Waals surface area contributed by atoms with E-state index in [-0.39, 0.29) is 6.04 Å². The van der Waals surface area contributed by atoms with Gasteiger partial charge in [0.15, 0.2) is 0 Å². The van der Waals surface area contributed by atoms with Crippen molar-refractivity contribution in [3.63, 3.8) is 0 Å². The molecule has 0 bridgehead atoms. The predicted molar refractivity (Wildman–Crippen MR) is 57.2 cm³/mol. The minimum atomic E-state index is 0.201. The molecule has 72 valence electrons. The van der Waals surface area contributed by atoms with E-state index < -0.39 is 0 Å². The van der Waals surface area contributed by atoms with Gasteiger partial charge in [-0.25, -0.2) is 0 Å². The standard InChI is InChI=1S/C12H13NO/c1-10(12-8-5-9-14-12)13-11-6-3-2-4-7-11/h2-10,13H,1H3. The molecule has 1 N–H and O–H groups in total. The third-order valence-electron chi connectivity index (χ3n) is 2.13. The van der Waals surface area contributed by atoms with E-state index in [0.29, 0.717) is 0 Å². The largest absolute Gasteiger partial charge is 0.467 e. The lowest BCUT2D eigenvalue weighted by molar-refractivity contribution is 0.490. The van der Waals surface area contributed by atoms with Crippen molar-refractivity contribution in [3.05, 3.63) is 54.5 Å². The van der Waals surface area contributed by atoms with Gasteiger partial charge in [0, 0.05) is 5.69 Å². The van der Waals surface area contributed by atoms with Crippen molar-refractivity contribution in [2.24, 2.45) is 0 Å². The first-order valence-corrected chi connectivity index (χ1v) is 4.71. The topological polar surface area (TPSA) is 25.2 Å². The van der Waals surface area contributed by atoms with Crippen molar-refractivity contribution < 1.29 is 4.42 Å². The minimum absolute atomic E-state index is 0.201. The summed E-state index contributed by atoms with van der Waals surface area (Å²) in [5.74, 6) is 0.953. The smallest absolute Gasteiger partial charge is 0.125 e.